The zero-order valence-corrected chi connectivity index (χ0v) is 27.1. The van der Waals surface area contributed by atoms with Crippen LogP contribution in [0.5, 0.6) is 5.75 Å². The topological polar surface area (TPSA) is 104 Å². The van der Waals surface area contributed by atoms with Gasteiger partial charge in [0.25, 0.3) is 11.5 Å². The Hall–Kier alpha value is -5.74. The van der Waals surface area contributed by atoms with Crippen molar-refractivity contribution < 1.29 is 13.9 Å². The molecule has 0 saturated carbocycles. The third kappa shape index (κ3) is 6.10. The van der Waals surface area contributed by atoms with Crippen LogP contribution >= 0.6 is 15.9 Å². The van der Waals surface area contributed by atoms with Gasteiger partial charge in [0.05, 0.1) is 17.1 Å². The van der Waals surface area contributed by atoms with E-state index in [0.29, 0.717) is 33.8 Å². The van der Waals surface area contributed by atoms with Gasteiger partial charge in [0.1, 0.15) is 11.3 Å². The maximum Gasteiger partial charge on any atom is 0.282 e. The lowest BCUT2D eigenvalue weighted by Crippen LogP contribution is -2.20. The Morgan fingerprint density at radius 3 is 2.53 bits per heavy atom. The average molecular weight is 687 g/mol. The lowest BCUT2D eigenvalue weighted by atomic mass is 10.2. The van der Waals surface area contributed by atoms with Gasteiger partial charge in [-0.15, -0.1) is 0 Å². The molecule has 0 fully saturated rings. The van der Waals surface area contributed by atoms with Crippen molar-refractivity contribution in [3.8, 4) is 23.0 Å². The fourth-order valence-corrected chi connectivity index (χ4v) is 5.89. The minimum Gasteiger partial charge on any atom is -0.484 e. The SMILES string of the molecule is Cc1cc(C=Nn2c(-c3cc4cc(Br)ccc4o3)nc3ccccc3c2=O)c(C)n1-c1ccc(OCC(=O)Nc2ccccc2)cc1. The molecule has 0 saturated heterocycles. The van der Waals surface area contributed by atoms with Crippen LogP contribution in [0.3, 0.4) is 0 Å². The summed E-state index contributed by atoms with van der Waals surface area (Å²) < 4.78 is 16.1. The third-order valence-corrected chi connectivity index (χ3v) is 8.25. The number of fused-ring (bicyclic) bond motifs is 2. The summed E-state index contributed by atoms with van der Waals surface area (Å²) in [5.74, 6) is 1.08. The van der Waals surface area contributed by atoms with Gasteiger partial charge in [-0.05, 0) is 92.7 Å². The highest BCUT2D eigenvalue weighted by Gasteiger charge is 2.17. The van der Waals surface area contributed by atoms with Gasteiger partial charge < -0.3 is 19.0 Å². The predicted molar refractivity (Wildman–Crippen MR) is 188 cm³/mol. The first-order chi connectivity index (χ1) is 22.8. The molecular weight excluding hydrogens is 658 g/mol. The third-order valence-electron chi connectivity index (χ3n) is 7.76. The maximum absolute atomic E-state index is 13.7. The Bertz CT molecular complexity index is 2360. The molecule has 0 aliphatic heterocycles. The zero-order valence-electron chi connectivity index (χ0n) is 25.5. The number of rotatable bonds is 8. The number of carbonyl (C=O) groups excluding carboxylic acids is 1. The number of carbonyl (C=O) groups is 1. The number of nitrogens with zero attached hydrogens (tertiary/aromatic N) is 4. The van der Waals surface area contributed by atoms with E-state index in [9.17, 15) is 9.59 Å². The monoisotopic (exact) mass is 685 g/mol. The molecule has 1 N–H and O–H groups in total. The van der Waals surface area contributed by atoms with Crippen LogP contribution in [0.15, 0.2) is 128 Å². The van der Waals surface area contributed by atoms with E-state index in [1.165, 1.54) is 4.68 Å². The molecule has 0 bridgehead atoms. The Kier molecular flexibility index (Phi) is 8.01. The van der Waals surface area contributed by atoms with E-state index in [2.05, 4.69) is 30.9 Å². The standard InChI is InChI=1S/C37H28BrN5O4/c1-23-18-26(24(2)42(23)29-13-15-30(16-14-29)46-22-35(44)40-28-8-4-3-5-9-28)21-39-43-36(41-32-11-7-6-10-31(32)37(43)45)34-20-25-19-27(38)12-17-33(25)47-34/h3-21H,22H2,1-2H3,(H,40,44). The number of benzene rings is 4. The van der Waals surface area contributed by atoms with E-state index in [1.807, 2.05) is 105 Å². The summed E-state index contributed by atoms with van der Waals surface area (Å²) in [6, 6.07) is 33.6. The largest absolute Gasteiger partial charge is 0.484 e. The highest BCUT2D eigenvalue weighted by molar-refractivity contribution is 9.10. The molecule has 7 rings (SSSR count). The molecule has 0 unspecified atom stereocenters. The fourth-order valence-electron chi connectivity index (χ4n) is 5.51. The smallest absolute Gasteiger partial charge is 0.282 e. The molecule has 7 aromatic rings. The van der Waals surface area contributed by atoms with Crippen LogP contribution in [-0.4, -0.2) is 33.0 Å². The molecule has 3 aromatic heterocycles. The Labute approximate surface area is 277 Å². The van der Waals surface area contributed by atoms with Crippen molar-refractivity contribution in [3.63, 3.8) is 0 Å². The van der Waals surface area contributed by atoms with E-state index in [0.717, 1.165) is 38.2 Å². The molecule has 4 aromatic carbocycles. The summed E-state index contributed by atoms with van der Waals surface area (Å²) >= 11 is 3.51. The quantitative estimate of drug-likeness (QED) is 0.164. The van der Waals surface area contributed by atoms with Gasteiger partial charge in [0, 0.05) is 38.2 Å². The van der Waals surface area contributed by atoms with Crippen LogP contribution < -0.4 is 15.6 Å². The van der Waals surface area contributed by atoms with Gasteiger partial charge in [0.2, 0.25) is 5.82 Å². The molecular formula is C37H28BrN5O4. The van der Waals surface area contributed by atoms with Gasteiger partial charge in [-0.25, -0.2) is 4.98 Å². The molecule has 0 aliphatic rings. The minimum absolute atomic E-state index is 0.104. The van der Waals surface area contributed by atoms with Crippen LogP contribution in [0.25, 0.3) is 39.1 Å². The van der Waals surface area contributed by atoms with Crippen molar-refractivity contribution in [2.75, 3.05) is 11.9 Å². The number of hydrogen-bond acceptors (Lipinski definition) is 6. The van der Waals surface area contributed by atoms with Crippen molar-refractivity contribution >= 4 is 55.6 Å². The number of anilines is 1. The van der Waals surface area contributed by atoms with Gasteiger partial charge in [-0.2, -0.15) is 9.78 Å². The normalized spacial score (nSPS) is 11.5. The fraction of sp³-hybridized carbons (Fsp3) is 0.0811. The van der Waals surface area contributed by atoms with Gasteiger partial charge in [-0.3, -0.25) is 9.59 Å². The molecule has 9 nitrogen and oxygen atoms in total. The van der Waals surface area contributed by atoms with Crippen molar-refractivity contribution in [3.05, 3.63) is 141 Å². The highest BCUT2D eigenvalue weighted by atomic mass is 79.9. The molecule has 1 amide bonds. The first kappa shape index (κ1) is 29.9. The number of hydrogen-bond donors (Lipinski definition) is 1. The molecule has 0 aliphatic carbocycles. The summed E-state index contributed by atoms with van der Waals surface area (Å²) in [6.07, 6.45) is 1.67. The van der Waals surface area contributed by atoms with Crippen LogP contribution in [0.4, 0.5) is 5.69 Å². The first-order valence-electron chi connectivity index (χ1n) is 14.9. The molecule has 47 heavy (non-hydrogen) atoms. The molecule has 10 heteroatoms. The van der Waals surface area contributed by atoms with Gasteiger partial charge >= 0.3 is 0 Å². The van der Waals surface area contributed by atoms with Gasteiger partial charge in [-0.1, -0.05) is 46.3 Å². The average Bonchev–Trinajstić information content (AvgIpc) is 3.63. The molecule has 3 heterocycles. The summed E-state index contributed by atoms with van der Waals surface area (Å²) in [6.45, 7) is 3.89. The van der Waals surface area contributed by atoms with Crippen molar-refractivity contribution in [1.29, 1.82) is 0 Å². The zero-order chi connectivity index (χ0) is 32.5. The Morgan fingerprint density at radius 2 is 1.72 bits per heavy atom. The van der Waals surface area contributed by atoms with Crippen LogP contribution in [-0.2, 0) is 4.79 Å². The van der Waals surface area contributed by atoms with Crippen LogP contribution in [0, 0.1) is 13.8 Å². The molecule has 0 radical (unpaired) electrons. The lowest BCUT2D eigenvalue weighted by molar-refractivity contribution is -0.118. The number of para-hydroxylation sites is 2. The molecule has 232 valence electrons. The Morgan fingerprint density at radius 1 is 0.957 bits per heavy atom. The molecule has 0 spiro atoms. The number of amides is 1. The number of aromatic nitrogens is 3. The number of aryl methyl sites for hydroxylation is 1. The van der Waals surface area contributed by atoms with Crippen molar-refractivity contribution in [1.82, 2.24) is 14.2 Å². The van der Waals surface area contributed by atoms with E-state index < -0.39 is 0 Å². The second-order valence-electron chi connectivity index (χ2n) is 11.0. The first-order valence-corrected chi connectivity index (χ1v) is 15.7. The van der Waals surface area contributed by atoms with Crippen molar-refractivity contribution in [2.45, 2.75) is 13.8 Å². The minimum atomic E-state index is -0.301. The number of ether oxygens (including phenoxy) is 1. The maximum atomic E-state index is 13.7. The molecule has 0 atom stereocenters. The highest BCUT2D eigenvalue weighted by Crippen LogP contribution is 2.29. The van der Waals surface area contributed by atoms with Crippen molar-refractivity contribution in [2.24, 2.45) is 5.10 Å². The summed E-state index contributed by atoms with van der Waals surface area (Å²) in [5, 5.41) is 8.80. The van der Waals surface area contributed by atoms with Crippen LogP contribution in [0.2, 0.25) is 0 Å². The summed E-state index contributed by atoms with van der Waals surface area (Å²) in [4.78, 5) is 30.8. The summed E-state index contributed by atoms with van der Waals surface area (Å²) in [5.41, 5.74) is 5.31. The van der Waals surface area contributed by atoms with E-state index in [-0.39, 0.29) is 18.1 Å². The predicted octanol–water partition coefficient (Wildman–Crippen LogP) is 7.88. The van der Waals surface area contributed by atoms with E-state index in [1.54, 1.807) is 24.4 Å². The number of furan rings is 1. The second kappa shape index (κ2) is 12.6. The lowest BCUT2D eigenvalue weighted by Gasteiger charge is -2.12. The van der Waals surface area contributed by atoms with Crippen LogP contribution in [0.1, 0.15) is 17.0 Å². The number of halogens is 1. The van der Waals surface area contributed by atoms with Gasteiger partial charge in [0.15, 0.2) is 12.4 Å². The summed E-state index contributed by atoms with van der Waals surface area (Å²) in [7, 11) is 0. The van der Waals surface area contributed by atoms with E-state index >= 15 is 0 Å². The Balaban J connectivity index is 1.16. The second-order valence-corrected chi connectivity index (χ2v) is 11.9. The number of nitrogens with one attached hydrogen (secondary N) is 1. The van der Waals surface area contributed by atoms with E-state index in [4.69, 9.17) is 14.1 Å².